The van der Waals surface area contributed by atoms with Gasteiger partial charge in [0, 0.05) is 49.1 Å². The number of nitrogens with one attached hydrogen (secondary N) is 1. The molecule has 3 aromatic rings. The normalized spacial score (nSPS) is 19.7. The van der Waals surface area contributed by atoms with Crippen LogP contribution in [0.1, 0.15) is 35.3 Å². The molecule has 10 nitrogen and oxygen atoms in total. The molecule has 1 saturated heterocycles. The lowest BCUT2D eigenvalue weighted by Crippen LogP contribution is -2.43. The molecule has 0 saturated carbocycles. The molecular formula is C35H46N4O6. The first kappa shape index (κ1) is 34.1. The monoisotopic (exact) mass is 618 g/mol. The van der Waals surface area contributed by atoms with Gasteiger partial charge in [-0.25, -0.2) is 0 Å². The maximum absolute atomic E-state index is 13.8. The third kappa shape index (κ3) is 8.27. The highest BCUT2D eigenvalue weighted by Gasteiger charge is 2.47. The summed E-state index contributed by atoms with van der Waals surface area (Å²) in [5, 5.41) is 25.4. The number of aliphatic hydroxyl groups excluding tert-OH is 2. The number of Topliss-reactive ketones (excluding diaryl/α,β-unsaturated/α-hetero) is 1. The van der Waals surface area contributed by atoms with E-state index in [1.165, 1.54) is 18.9 Å². The molecule has 45 heavy (non-hydrogen) atoms. The van der Waals surface area contributed by atoms with Crippen molar-refractivity contribution in [2.24, 2.45) is 5.92 Å². The number of para-hydroxylation sites is 1. The molecule has 0 spiro atoms. The highest BCUT2D eigenvalue weighted by Crippen LogP contribution is 2.38. The third-order valence-corrected chi connectivity index (χ3v) is 8.10. The van der Waals surface area contributed by atoms with Crippen molar-refractivity contribution >= 4 is 17.4 Å². The summed E-state index contributed by atoms with van der Waals surface area (Å²) in [4.78, 5) is 36.0. The van der Waals surface area contributed by atoms with E-state index in [1.54, 1.807) is 7.11 Å². The smallest absolute Gasteiger partial charge is 0.251 e. The molecule has 10 heteroatoms. The molecule has 4 rings (SSSR count). The van der Waals surface area contributed by atoms with Crippen LogP contribution in [0.5, 0.6) is 5.75 Å². The van der Waals surface area contributed by atoms with Gasteiger partial charge < -0.3 is 30.1 Å². The zero-order valence-electron chi connectivity index (χ0n) is 27.2. The topological polar surface area (TPSA) is 115 Å². The van der Waals surface area contributed by atoms with Gasteiger partial charge in [0.25, 0.3) is 5.91 Å². The number of nitrogens with zero attached hydrogens (tertiary/aromatic N) is 3. The van der Waals surface area contributed by atoms with Crippen LogP contribution in [-0.2, 0) is 22.6 Å². The summed E-state index contributed by atoms with van der Waals surface area (Å²) in [5.41, 5.74) is 4.77. The number of rotatable bonds is 13. The minimum Gasteiger partial charge on any atom is -0.496 e. The van der Waals surface area contributed by atoms with Crippen LogP contribution in [0, 0.1) is 5.92 Å². The van der Waals surface area contributed by atoms with Crippen molar-refractivity contribution in [3.63, 3.8) is 0 Å². The highest BCUT2D eigenvalue weighted by molar-refractivity contribution is 5.97. The summed E-state index contributed by atoms with van der Waals surface area (Å²) in [5.74, 6) is -0.629. The van der Waals surface area contributed by atoms with Gasteiger partial charge >= 0.3 is 0 Å². The first-order valence-electron chi connectivity index (χ1n) is 15.2. The molecule has 3 N–H and O–H groups in total. The van der Waals surface area contributed by atoms with Crippen LogP contribution in [0.3, 0.4) is 0 Å². The van der Waals surface area contributed by atoms with Crippen LogP contribution in [0.15, 0.2) is 66.7 Å². The predicted molar refractivity (Wildman–Crippen MR) is 175 cm³/mol. The number of aliphatic hydroxyl groups is 2. The molecule has 0 aromatic heterocycles. The Labute approximate surface area is 266 Å². The minimum absolute atomic E-state index is 0.102. The average molecular weight is 619 g/mol. The van der Waals surface area contributed by atoms with E-state index in [0.717, 1.165) is 27.9 Å². The first-order chi connectivity index (χ1) is 21.4. The lowest BCUT2D eigenvalue weighted by atomic mass is 9.91. The van der Waals surface area contributed by atoms with E-state index in [0.29, 0.717) is 24.3 Å². The van der Waals surface area contributed by atoms with Crippen molar-refractivity contribution in [3.05, 3.63) is 83.4 Å². The Morgan fingerprint density at radius 2 is 1.76 bits per heavy atom. The Balaban J connectivity index is 1.68. The van der Waals surface area contributed by atoms with Gasteiger partial charge in [0.15, 0.2) is 6.29 Å². The van der Waals surface area contributed by atoms with Crippen molar-refractivity contribution in [1.29, 1.82) is 0 Å². The van der Waals surface area contributed by atoms with E-state index in [1.807, 2.05) is 87.7 Å². The number of hydrogen-bond donors (Lipinski definition) is 3. The van der Waals surface area contributed by atoms with Crippen molar-refractivity contribution in [2.45, 2.75) is 51.3 Å². The van der Waals surface area contributed by atoms with Gasteiger partial charge in [0.1, 0.15) is 17.6 Å². The van der Waals surface area contributed by atoms with Crippen molar-refractivity contribution < 1.29 is 29.4 Å². The number of anilines is 1. The summed E-state index contributed by atoms with van der Waals surface area (Å²) in [6.45, 7) is 3.77. The van der Waals surface area contributed by atoms with Gasteiger partial charge in [-0.3, -0.25) is 14.4 Å². The highest BCUT2D eigenvalue weighted by atomic mass is 16.8. The number of ether oxygens (including phenoxy) is 1. The third-order valence-electron chi connectivity index (χ3n) is 8.10. The maximum atomic E-state index is 13.8. The second-order valence-electron chi connectivity index (χ2n) is 12.2. The van der Waals surface area contributed by atoms with E-state index in [4.69, 9.17) is 9.57 Å². The lowest BCUT2D eigenvalue weighted by molar-refractivity contribution is -0.231. The SMILES string of the molecule is COc1c(CN2OC(O)[C@@H]([C@H](C)O)[C@H]2C(C)=O)cccc1-c1cc(C(=O)N[C@@H](Cc2ccccc2)CN(C)C)cc(N(C)C)c1. The van der Waals surface area contributed by atoms with Gasteiger partial charge in [0.05, 0.1) is 25.7 Å². The Hall–Kier alpha value is -3.80. The zero-order chi connectivity index (χ0) is 32.8. The molecule has 1 fully saturated rings. The molecule has 1 unspecified atom stereocenters. The van der Waals surface area contributed by atoms with E-state index in [2.05, 4.69) is 22.3 Å². The fourth-order valence-electron chi connectivity index (χ4n) is 6.00. The Morgan fingerprint density at radius 3 is 2.36 bits per heavy atom. The van der Waals surface area contributed by atoms with Gasteiger partial charge in [-0.2, -0.15) is 5.06 Å². The van der Waals surface area contributed by atoms with Crippen LogP contribution < -0.4 is 15.0 Å². The summed E-state index contributed by atoms with van der Waals surface area (Å²) < 4.78 is 5.91. The van der Waals surface area contributed by atoms with Crippen molar-refractivity contribution in [2.75, 3.05) is 46.7 Å². The number of hydroxylamine groups is 2. The van der Waals surface area contributed by atoms with Crippen LogP contribution >= 0.6 is 0 Å². The van der Waals surface area contributed by atoms with E-state index >= 15 is 0 Å². The quantitative estimate of drug-likeness (QED) is 0.265. The molecule has 0 bridgehead atoms. The van der Waals surface area contributed by atoms with E-state index < -0.39 is 24.4 Å². The molecular weight excluding hydrogens is 572 g/mol. The van der Waals surface area contributed by atoms with Crippen LogP contribution in [0.4, 0.5) is 5.69 Å². The second kappa shape index (κ2) is 15.0. The van der Waals surface area contributed by atoms with Crippen LogP contribution in [0.25, 0.3) is 11.1 Å². The van der Waals surface area contributed by atoms with Gasteiger partial charge in [0.2, 0.25) is 0 Å². The molecule has 1 heterocycles. The summed E-state index contributed by atoms with van der Waals surface area (Å²) >= 11 is 0. The molecule has 0 radical (unpaired) electrons. The number of benzene rings is 3. The van der Waals surface area contributed by atoms with Crippen molar-refractivity contribution in [3.8, 4) is 16.9 Å². The summed E-state index contributed by atoms with van der Waals surface area (Å²) in [6.07, 6.45) is -1.56. The summed E-state index contributed by atoms with van der Waals surface area (Å²) in [7, 11) is 9.41. The number of carbonyl (C=O) groups is 2. The van der Waals surface area contributed by atoms with Crippen LogP contribution in [0.2, 0.25) is 0 Å². The standard InChI is InChI=1S/C35H46N4O6/c1-22(40)31-32(23(2)41)39(45-35(31)43)20-25-14-11-15-30(33(25)44-7)26-17-27(19-29(18-26)38(5)6)34(42)36-28(21-37(3)4)16-24-12-9-8-10-13-24/h8-15,17-19,22,28,31-32,35,40,43H,16,20-21H2,1-7H3,(H,36,42)/t22-,28-,31-,32+,35?/m0/s1. The van der Waals surface area contributed by atoms with Crippen LogP contribution in [-0.4, -0.2) is 98.2 Å². The molecule has 1 aliphatic heterocycles. The summed E-state index contributed by atoms with van der Waals surface area (Å²) in [6, 6.07) is 20.6. The van der Waals surface area contributed by atoms with E-state index in [-0.39, 0.29) is 24.3 Å². The number of ketones is 1. The fourth-order valence-corrected chi connectivity index (χ4v) is 6.00. The Bertz CT molecular complexity index is 1460. The van der Waals surface area contributed by atoms with Gasteiger partial charge in [-0.15, -0.1) is 0 Å². The fraction of sp³-hybridized carbons (Fsp3) is 0.429. The molecule has 242 valence electrons. The predicted octanol–water partition coefficient (Wildman–Crippen LogP) is 3.35. The maximum Gasteiger partial charge on any atom is 0.251 e. The van der Waals surface area contributed by atoms with Crippen molar-refractivity contribution in [1.82, 2.24) is 15.3 Å². The molecule has 1 amide bonds. The molecule has 1 aliphatic rings. The second-order valence-corrected chi connectivity index (χ2v) is 12.2. The van der Waals surface area contributed by atoms with Gasteiger partial charge in [-0.05, 0) is 63.7 Å². The van der Waals surface area contributed by atoms with Gasteiger partial charge in [-0.1, -0.05) is 48.5 Å². The largest absolute Gasteiger partial charge is 0.496 e. The average Bonchev–Trinajstić information content (AvgIpc) is 3.32. The number of likely N-dealkylation sites (N-methyl/N-ethyl adjacent to an activating group) is 1. The number of amides is 1. The zero-order valence-corrected chi connectivity index (χ0v) is 27.2. The Morgan fingerprint density at radius 1 is 1.04 bits per heavy atom. The lowest BCUT2D eigenvalue weighted by Gasteiger charge is -2.25. The number of hydrogen-bond acceptors (Lipinski definition) is 9. The first-order valence-corrected chi connectivity index (χ1v) is 15.2. The number of carbonyl (C=O) groups excluding carboxylic acids is 2. The molecule has 5 atom stereocenters. The Kier molecular flexibility index (Phi) is 11.4. The molecule has 3 aromatic carbocycles. The number of methoxy groups -OCH3 is 1. The van der Waals surface area contributed by atoms with E-state index in [9.17, 15) is 19.8 Å². The molecule has 0 aliphatic carbocycles. The minimum atomic E-state index is -1.32.